The molecule has 2 aliphatic heterocycles. The Kier molecular flexibility index (Phi) is 4.60. The lowest BCUT2D eigenvalue weighted by atomic mass is 9.88. The third kappa shape index (κ3) is 2.99. The topological polar surface area (TPSA) is 49.9 Å². The van der Waals surface area contributed by atoms with Gasteiger partial charge in [-0.1, -0.05) is 72.8 Å². The van der Waals surface area contributed by atoms with E-state index in [1.807, 2.05) is 91.9 Å². The van der Waals surface area contributed by atoms with Gasteiger partial charge in [-0.05, 0) is 35.7 Å². The molecule has 3 aromatic rings. The van der Waals surface area contributed by atoms with Crippen molar-refractivity contribution < 1.29 is 14.4 Å². The van der Waals surface area contributed by atoms with Gasteiger partial charge in [-0.15, -0.1) is 0 Å². The molecule has 0 bridgehead atoms. The summed E-state index contributed by atoms with van der Waals surface area (Å²) in [5.74, 6) is -1.03. The average molecular weight is 398 g/mol. The number of nitrogens with zero attached hydrogens (tertiary/aromatic N) is 2. The quantitative estimate of drug-likeness (QED) is 0.623. The highest BCUT2D eigenvalue weighted by Crippen LogP contribution is 2.47. The molecule has 3 atom stereocenters. The molecule has 0 saturated carbocycles. The molecule has 0 radical (unpaired) electrons. The van der Waals surface area contributed by atoms with Crippen LogP contribution >= 0.6 is 0 Å². The second kappa shape index (κ2) is 7.43. The predicted molar refractivity (Wildman–Crippen MR) is 113 cm³/mol. The Hall–Kier alpha value is -3.44. The number of aryl methyl sites for hydroxylation is 1. The largest absolute Gasteiger partial charge is 0.275 e. The van der Waals surface area contributed by atoms with Crippen LogP contribution in [0.3, 0.4) is 0 Å². The van der Waals surface area contributed by atoms with Crippen molar-refractivity contribution in [2.45, 2.75) is 25.6 Å². The first-order valence-corrected chi connectivity index (χ1v) is 10.1. The summed E-state index contributed by atoms with van der Waals surface area (Å²) in [6.07, 6.45) is -0.814. The molecular weight excluding hydrogens is 376 g/mol. The third-order valence-electron chi connectivity index (χ3n) is 5.91. The van der Waals surface area contributed by atoms with Crippen molar-refractivity contribution in [3.05, 3.63) is 102 Å². The first-order valence-electron chi connectivity index (χ1n) is 10.1. The van der Waals surface area contributed by atoms with E-state index in [0.717, 1.165) is 22.4 Å². The monoisotopic (exact) mass is 398 g/mol. The molecule has 5 heteroatoms. The minimum Gasteiger partial charge on any atom is -0.275 e. The summed E-state index contributed by atoms with van der Waals surface area (Å²) in [7, 11) is 0. The minimum absolute atomic E-state index is 0.180. The van der Waals surface area contributed by atoms with Crippen LogP contribution in [-0.4, -0.2) is 22.8 Å². The van der Waals surface area contributed by atoms with E-state index in [2.05, 4.69) is 0 Å². The molecule has 2 fully saturated rings. The zero-order valence-corrected chi connectivity index (χ0v) is 16.6. The van der Waals surface area contributed by atoms with Crippen molar-refractivity contribution in [3.8, 4) is 0 Å². The fraction of sp³-hybridized carbons (Fsp3) is 0.200. The van der Waals surface area contributed by atoms with Gasteiger partial charge >= 0.3 is 0 Å². The van der Waals surface area contributed by atoms with Crippen molar-refractivity contribution in [3.63, 3.8) is 0 Å². The summed E-state index contributed by atoms with van der Waals surface area (Å²) >= 11 is 0. The summed E-state index contributed by atoms with van der Waals surface area (Å²) in [6, 6.07) is 26.8. The Morgan fingerprint density at radius 1 is 0.800 bits per heavy atom. The number of carbonyl (C=O) groups excluding carboxylic acids is 2. The number of para-hydroxylation sites is 1. The molecule has 5 rings (SSSR count). The van der Waals surface area contributed by atoms with Crippen molar-refractivity contribution >= 4 is 17.5 Å². The zero-order valence-electron chi connectivity index (χ0n) is 16.6. The molecule has 5 nitrogen and oxygen atoms in total. The van der Waals surface area contributed by atoms with Crippen LogP contribution in [0.4, 0.5) is 5.69 Å². The van der Waals surface area contributed by atoms with E-state index in [0.29, 0.717) is 0 Å². The lowest BCUT2D eigenvalue weighted by Crippen LogP contribution is -2.37. The molecule has 2 saturated heterocycles. The van der Waals surface area contributed by atoms with Crippen LogP contribution < -0.4 is 5.06 Å². The first-order chi connectivity index (χ1) is 14.6. The fourth-order valence-electron chi connectivity index (χ4n) is 4.43. The Labute approximate surface area is 175 Å². The van der Waals surface area contributed by atoms with E-state index in [1.54, 1.807) is 5.06 Å². The molecular formula is C25H22N2O3. The van der Waals surface area contributed by atoms with E-state index < -0.39 is 12.0 Å². The van der Waals surface area contributed by atoms with Crippen LogP contribution in [0.15, 0.2) is 84.9 Å². The molecule has 0 aliphatic carbocycles. The molecule has 3 unspecified atom stereocenters. The van der Waals surface area contributed by atoms with Gasteiger partial charge in [0, 0.05) is 0 Å². The molecule has 3 aromatic carbocycles. The summed E-state index contributed by atoms with van der Waals surface area (Å²) in [5.41, 5.74) is 3.81. The van der Waals surface area contributed by atoms with Gasteiger partial charge in [-0.2, -0.15) is 0 Å². The van der Waals surface area contributed by atoms with Crippen LogP contribution in [0.2, 0.25) is 0 Å². The van der Waals surface area contributed by atoms with Gasteiger partial charge in [0.1, 0.15) is 5.92 Å². The number of benzene rings is 3. The van der Waals surface area contributed by atoms with Crippen LogP contribution in [0.25, 0.3) is 0 Å². The summed E-state index contributed by atoms with van der Waals surface area (Å²) in [6.45, 7) is 2.29. The lowest BCUT2D eigenvalue weighted by molar-refractivity contribution is -0.143. The van der Waals surface area contributed by atoms with Crippen molar-refractivity contribution in [1.29, 1.82) is 0 Å². The van der Waals surface area contributed by atoms with Gasteiger partial charge in [-0.25, -0.2) is 5.06 Å². The van der Waals surface area contributed by atoms with Crippen LogP contribution in [0.1, 0.15) is 22.7 Å². The number of amides is 2. The molecule has 0 N–H and O–H groups in total. The highest BCUT2D eigenvalue weighted by atomic mass is 16.7. The van der Waals surface area contributed by atoms with E-state index in [9.17, 15) is 9.59 Å². The van der Waals surface area contributed by atoms with Crippen LogP contribution in [0.5, 0.6) is 0 Å². The van der Waals surface area contributed by atoms with Crippen LogP contribution in [0, 0.1) is 12.8 Å². The van der Waals surface area contributed by atoms with Gasteiger partial charge < -0.3 is 0 Å². The number of fused-ring (bicyclic) bond motifs is 1. The Morgan fingerprint density at radius 2 is 1.43 bits per heavy atom. The summed E-state index contributed by atoms with van der Waals surface area (Å²) < 4.78 is 0. The number of hydrogen-bond donors (Lipinski definition) is 0. The van der Waals surface area contributed by atoms with Crippen molar-refractivity contribution in [2.75, 3.05) is 5.06 Å². The van der Waals surface area contributed by atoms with Crippen molar-refractivity contribution in [2.24, 2.45) is 5.92 Å². The Bertz CT molecular complexity index is 1080. The maximum absolute atomic E-state index is 13.5. The number of imide groups is 1. The van der Waals surface area contributed by atoms with Gasteiger partial charge in [-0.3, -0.25) is 19.3 Å². The molecule has 2 aliphatic rings. The number of carbonyl (C=O) groups is 2. The lowest BCUT2D eigenvalue weighted by Gasteiger charge is -2.29. The normalized spacial score (nSPS) is 23.2. The van der Waals surface area contributed by atoms with E-state index in [4.69, 9.17) is 4.84 Å². The number of hydrogen-bond acceptors (Lipinski definition) is 4. The maximum atomic E-state index is 13.5. The van der Waals surface area contributed by atoms with Gasteiger partial charge in [0.2, 0.25) is 5.91 Å². The van der Waals surface area contributed by atoms with Gasteiger partial charge in [0.05, 0.1) is 18.3 Å². The Morgan fingerprint density at radius 3 is 2.13 bits per heavy atom. The highest BCUT2D eigenvalue weighted by Gasteiger charge is 2.59. The number of hydroxylamine groups is 1. The molecule has 2 heterocycles. The van der Waals surface area contributed by atoms with E-state index in [-0.39, 0.29) is 24.4 Å². The standard InChI is InChI=1S/C25H22N2O3/c1-17-10-8-9-15-20(17)22-21-23(30-27(22)19-13-6-3-7-14-19)25(29)26(24(21)28)16-18-11-4-2-5-12-18/h2-15,21-23H,16H2,1H3. The Balaban J connectivity index is 1.54. The fourth-order valence-corrected chi connectivity index (χ4v) is 4.43. The number of anilines is 1. The molecule has 0 aromatic heterocycles. The first kappa shape index (κ1) is 18.6. The molecule has 2 amide bonds. The van der Waals surface area contributed by atoms with Gasteiger partial charge in [0.25, 0.3) is 5.91 Å². The van der Waals surface area contributed by atoms with Crippen molar-refractivity contribution in [1.82, 2.24) is 4.90 Å². The molecule has 30 heavy (non-hydrogen) atoms. The maximum Gasteiger partial charge on any atom is 0.262 e. The smallest absolute Gasteiger partial charge is 0.262 e. The van der Waals surface area contributed by atoms with Gasteiger partial charge in [0.15, 0.2) is 6.10 Å². The SMILES string of the molecule is Cc1ccccc1C1C2C(=O)N(Cc3ccccc3)C(=O)C2ON1c1ccccc1. The minimum atomic E-state index is -0.814. The number of likely N-dealkylation sites (tertiary alicyclic amines) is 1. The molecule has 150 valence electrons. The second-order valence-electron chi connectivity index (χ2n) is 7.76. The second-order valence-corrected chi connectivity index (χ2v) is 7.76. The zero-order chi connectivity index (χ0) is 20.7. The number of rotatable bonds is 4. The molecule has 0 spiro atoms. The highest BCUT2D eigenvalue weighted by molar-refractivity contribution is 6.07. The van der Waals surface area contributed by atoms with E-state index >= 15 is 0 Å². The van der Waals surface area contributed by atoms with E-state index in [1.165, 1.54) is 4.90 Å². The van der Waals surface area contributed by atoms with Crippen LogP contribution in [-0.2, 0) is 21.0 Å². The predicted octanol–water partition coefficient (Wildman–Crippen LogP) is 4.04. The third-order valence-corrected chi connectivity index (χ3v) is 5.91. The summed E-state index contributed by atoms with van der Waals surface area (Å²) in [5, 5.41) is 1.74. The summed E-state index contributed by atoms with van der Waals surface area (Å²) in [4.78, 5) is 34.2. The average Bonchev–Trinajstić information content (AvgIpc) is 3.27.